The van der Waals surface area contributed by atoms with Gasteiger partial charge in [0.25, 0.3) is 0 Å². The summed E-state index contributed by atoms with van der Waals surface area (Å²) >= 11 is 0. The Morgan fingerprint density at radius 1 is 1.00 bits per heavy atom. The zero-order valence-electron chi connectivity index (χ0n) is 13.2. The van der Waals surface area contributed by atoms with Gasteiger partial charge in [-0.25, -0.2) is 4.98 Å². The van der Waals surface area contributed by atoms with E-state index < -0.39 is 0 Å². The number of imidazole rings is 1. The molecular formula is C15H25N5. The maximum absolute atomic E-state index is 4.68. The van der Waals surface area contributed by atoms with Crippen molar-refractivity contribution in [3.8, 4) is 0 Å². The topological polar surface area (TPSA) is 27.0 Å². The Morgan fingerprint density at radius 2 is 1.75 bits per heavy atom. The van der Waals surface area contributed by atoms with Gasteiger partial charge in [0.2, 0.25) is 0 Å². The summed E-state index contributed by atoms with van der Waals surface area (Å²) in [4.78, 5) is 11.3. The molecule has 110 valence electrons. The molecule has 0 spiro atoms. The van der Waals surface area contributed by atoms with Crippen LogP contribution >= 0.6 is 0 Å². The predicted octanol–water partition coefficient (Wildman–Crippen LogP) is 1.39. The molecule has 0 bridgehead atoms. The predicted molar refractivity (Wildman–Crippen MR) is 84.4 cm³/mol. The Morgan fingerprint density at radius 3 is 2.40 bits per heavy atom. The van der Waals surface area contributed by atoms with Crippen molar-refractivity contribution in [1.82, 2.24) is 19.2 Å². The van der Waals surface area contributed by atoms with Gasteiger partial charge in [0.05, 0.1) is 5.69 Å². The van der Waals surface area contributed by atoms with Crippen LogP contribution in [-0.2, 0) is 6.54 Å². The lowest BCUT2D eigenvalue weighted by Crippen LogP contribution is -2.29. The van der Waals surface area contributed by atoms with Gasteiger partial charge in [-0.2, -0.15) is 0 Å². The van der Waals surface area contributed by atoms with Crippen LogP contribution in [0, 0.1) is 0 Å². The normalized spacial score (nSPS) is 11.8. The number of fused-ring (bicyclic) bond motifs is 1. The highest BCUT2D eigenvalue weighted by Gasteiger charge is 2.09. The second-order valence-electron chi connectivity index (χ2n) is 5.81. The minimum absolute atomic E-state index is 0.864. The van der Waals surface area contributed by atoms with Crippen molar-refractivity contribution in [2.75, 3.05) is 53.2 Å². The van der Waals surface area contributed by atoms with Crippen molar-refractivity contribution in [3.05, 3.63) is 30.1 Å². The van der Waals surface area contributed by atoms with Crippen molar-refractivity contribution < 1.29 is 0 Å². The summed E-state index contributed by atoms with van der Waals surface area (Å²) in [5.41, 5.74) is 2.11. The van der Waals surface area contributed by atoms with E-state index in [9.17, 15) is 0 Å². The highest BCUT2D eigenvalue weighted by Crippen LogP contribution is 2.17. The Balaban J connectivity index is 2.26. The lowest BCUT2D eigenvalue weighted by Gasteiger charge is -2.22. The van der Waals surface area contributed by atoms with E-state index in [1.54, 1.807) is 0 Å². The molecule has 0 aliphatic heterocycles. The van der Waals surface area contributed by atoms with Gasteiger partial charge in [-0.3, -0.25) is 4.40 Å². The van der Waals surface area contributed by atoms with E-state index in [4.69, 9.17) is 0 Å². The number of aromatic nitrogens is 2. The number of nitrogens with zero attached hydrogens (tertiary/aromatic N) is 5. The number of rotatable bonds is 6. The Labute approximate surface area is 121 Å². The molecule has 5 nitrogen and oxygen atoms in total. The third-order valence-corrected chi connectivity index (χ3v) is 3.27. The van der Waals surface area contributed by atoms with Gasteiger partial charge < -0.3 is 14.7 Å². The van der Waals surface area contributed by atoms with Crippen LogP contribution in [0.3, 0.4) is 0 Å². The molecule has 0 aromatic carbocycles. The molecule has 0 radical (unpaired) electrons. The van der Waals surface area contributed by atoms with Crippen LogP contribution < -0.4 is 4.90 Å². The second kappa shape index (κ2) is 6.24. The molecule has 20 heavy (non-hydrogen) atoms. The fourth-order valence-corrected chi connectivity index (χ4v) is 2.22. The first-order valence-corrected chi connectivity index (χ1v) is 6.95. The first-order valence-electron chi connectivity index (χ1n) is 6.95. The van der Waals surface area contributed by atoms with Crippen molar-refractivity contribution >= 4 is 11.5 Å². The minimum atomic E-state index is 0.864. The van der Waals surface area contributed by atoms with E-state index >= 15 is 0 Å². The maximum atomic E-state index is 4.68. The lowest BCUT2D eigenvalue weighted by molar-refractivity contribution is 0.398. The molecule has 2 rings (SSSR count). The molecule has 0 saturated carbocycles. The molecule has 0 unspecified atom stereocenters. The van der Waals surface area contributed by atoms with Crippen LogP contribution in [0.1, 0.15) is 5.69 Å². The van der Waals surface area contributed by atoms with Crippen LogP contribution in [0.15, 0.2) is 24.4 Å². The van der Waals surface area contributed by atoms with Crippen LogP contribution in [0.2, 0.25) is 0 Å². The SMILES string of the molecule is CN(C)CCN(C)c1cccc2nc(CN(C)C)cn12. The third kappa shape index (κ3) is 3.49. The summed E-state index contributed by atoms with van der Waals surface area (Å²) in [6, 6.07) is 6.27. The quantitative estimate of drug-likeness (QED) is 0.796. The van der Waals surface area contributed by atoms with Crippen LogP contribution in [-0.4, -0.2) is 67.5 Å². The second-order valence-corrected chi connectivity index (χ2v) is 5.81. The number of likely N-dealkylation sites (N-methyl/N-ethyl adjacent to an activating group) is 2. The molecule has 0 atom stereocenters. The molecule has 2 aromatic heterocycles. The first kappa shape index (κ1) is 14.8. The summed E-state index contributed by atoms with van der Waals surface area (Å²) in [7, 11) is 10.5. The average molecular weight is 275 g/mol. The van der Waals surface area contributed by atoms with Gasteiger partial charge in [0.1, 0.15) is 11.5 Å². The Hall–Kier alpha value is -1.59. The van der Waals surface area contributed by atoms with Gasteiger partial charge in [0.15, 0.2) is 0 Å². The molecule has 0 fully saturated rings. The molecule has 2 heterocycles. The molecule has 2 aromatic rings. The van der Waals surface area contributed by atoms with Crippen LogP contribution in [0.25, 0.3) is 5.65 Å². The van der Waals surface area contributed by atoms with E-state index in [-0.39, 0.29) is 0 Å². The number of hydrogen-bond acceptors (Lipinski definition) is 4. The Kier molecular flexibility index (Phi) is 4.62. The Bertz CT molecular complexity index is 558. The summed E-state index contributed by atoms with van der Waals surface area (Å²) < 4.78 is 2.18. The third-order valence-electron chi connectivity index (χ3n) is 3.27. The minimum Gasteiger partial charge on any atom is -0.359 e. The van der Waals surface area contributed by atoms with Gasteiger partial charge in [0, 0.05) is 32.9 Å². The van der Waals surface area contributed by atoms with E-state index in [0.29, 0.717) is 0 Å². The summed E-state index contributed by atoms with van der Waals surface area (Å²) in [6.07, 6.45) is 2.14. The fourth-order valence-electron chi connectivity index (χ4n) is 2.22. The number of hydrogen-bond donors (Lipinski definition) is 0. The standard InChI is InChI=1S/C15H25N5/c1-17(2)9-10-19(5)15-8-6-7-14-16-13(11-18(3)4)12-20(14)15/h6-8,12H,9-11H2,1-5H3. The van der Waals surface area contributed by atoms with Gasteiger partial charge in [-0.15, -0.1) is 0 Å². The monoisotopic (exact) mass is 275 g/mol. The average Bonchev–Trinajstić information content (AvgIpc) is 2.76. The van der Waals surface area contributed by atoms with Gasteiger partial charge >= 0.3 is 0 Å². The first-order chi connectivity index (χ1) is 9.47. The van der Waals surface area contributed by atoms with Crippen LogP contribution in [0.5, 0.6) is 0 Å². The molecule has 5 heteroatoms. The molecule has 0 amide bonds. The van der Waals surface area contributed by atoms with E-state index in [0.717, 1.165) is 31.0 Å². The van der Waals surface area contributed by atoms with E-state index in [1.165, 1.54) is 5.82 Å². The summed E-state index contributed by atoms with van der Waals surface area (Å²) in [5, 5.41) is 0. The number of anilines is 1. The fraction of sp³-hybridized carbons (Fsp3) is 0.533. The zero-order valence-corrected chi connectivity index (χ0v) is 13.2. The van der Waals surface area contributed by atoms with E-state index in [2.05, 4.69) is 83.7 Å². The maximum Gasteiger partial charge on any atom is 0.138 e. The molecule has 0 N–H and O–H groups in total. The number of pyridine rings is 1. The summed E-state index contributed by atoms with van der Waals surface area (Å²) in [6.45, 7) is 2.89. The van der Waals surface area contributed by atoms with Crippen molar-refractivity contribution in [1.29, 1.82) is 0 Å². The van der Waals surface area contributed by atoms with Crippen molar-refractivity contribution in [2.24, 2.45) is 0 Å². The van der Waals surface area contributed by atoms with Crippen molar-refractivity contribution in [3.63, 3.8) is 0 Å². The zero-order chi connectivity index (χ0) is 14.7. The molecule has 0 aliphatic carbocycles. The molecular weight excluding hydrogens is 250 g/mol. The molecule has 0 saturated heterocycles. The van der Waals surface area contributed by atoms with Crippen molar-refractivity contribution in [2.45, 2.75) is 6.54 Å². The van der Waals surface area contributed by atoms with Crippen LogP contribution in [0.4, 0.5) is 5.82 Å². The highest BCUT2D eigenvalue weighted by molar-refractivity contribution is 5.52. The highest BCUT2D eigenvalue weighted by atomic mass is 15.2. The smallest absolute Gasteiger partial charge is 0.138 e. The van der Waals surface area contributed by atoms with Gasteiger partial charge in [-0.05, 0) is 40.3 Å². The largest absolute Gasteiger partial charge is 0.359 e. The molecule has 0 aliphatic rings. The van der Waals surface area contributed by atoms with Gasteiger partial charge in [-0.1, -0.05) is 6.07 Å². The lowest BCUT2D eigenvalue weighted by atomic mass is 10.4. The summed E-state index contributed by atoms with van der Waals surface area (Å²) in [5.74, 6) is 1.18. The van der Waals surface area contributed by atoms with E-state index in [1.807, 2.05) is 0 Å².